The van der Waals surface area contributed by atoms with Crippen LogP contribution in [-0.2, 0) is 4.79 Å². The highest BCUT2D eigenvalue weighted by atomic mass is 16.7. The summed E-state index contributed by atoms with van der Waals surface area (Å²) in [4.78, 5) is 24.1. The number of hydrogen-bond donors (Lipinski definition) is 2. The molecule has 1 aromatic rings. The van der Waals surface area contributed by atoms with E-state index in [1.165, 1.54) is 11.9 Å². The Morgan fingerprint density at radius 3 is 2.90 bits per heavy atom. The van der Waals surface area contributed by atoms with Crippen LogP contribution in [0.2, 0.25) is 0 Å². The molecule has 0 aromatic heterocycles. The second-order valence-corrected chi connectivity index (χ2v) is 4.59. The lowest BCUT2D eigenvalue weighted by Gasteiger charge is -2.20. The van der Waals surface area contributed by atoms with Crippen LogP contribution in [0.15, 0.2) is 18.2 Å². The third-order valence-electron chi connectivity index (χ3n) is 2.95. The van der Waals surface area contributed by atoms with E-state index in [2.05, 4.69) is 5.32 Å². The average Bonchev–Trinajstić information content (AvgIpc) is 2.87. The number of carbonyl (C=O) groups excluding carboxylic acids is 1. The standard InChI is InChI=1S/C13H16N2O5/c1-8(12(16)17)6-15(2)13(18)14-9-4-3-5-10-11(9)20-7-19-10/h3-5,8H,6-7H2,1-2H3,(H,14,18)(H,16,17). The van der Waals surface area contributed by atoms with Crippen molar-refractivity contribution in [3.8, 4) is 11.5 Å². The van der Waals surface area contributed by atoms with Gasteiger partial charge >= 0.3 is 12.0 Å². The zero-order valence-corrected chi connectivity index (χ0v) is 11.3. The first-order valence-corrected chi connectivity index (χ1v) is 6.12. The van der Waals surface area contributed by atoms with Crippen LogP contribution in [0, 0.1) is 5.92 Å². The van der Waals surface area contributed by atoms with Crippen molar-refractivity contribution in [2.45, 2.75) is 6.92 Å². The Kier molecular flexibility index (Phi) is 3.97. The third kappa shape index (κ3) is 2.93. The van der Waals surface area contributed by atoms with Crippen LogP contribution in [0.5, 0.6) is 11.5 Å². The second kappa shape index (κ2) is 5.68. The summed E-state index contributed by atoms with van der Waals surface area (Å²) >= 11 is 0. The van der Waals surface area contributed by atoms with E-state index in [1.807, 2.05) is 0 Å². The summed E-state index contributed by atoms with van der Waals surface area (Å²) < 4.78 is 10.5. The molecule has 0 spiro atoms. The van der Waals surface area contributed by atoms with Crippen LogP contribution < -0.4 is 14.8 Å². The molecule has 1 unspecified atom stereocenters. The number of anilines is 1. The van der Waals surface area contributed by atoms with Crippen LogP contribution in [-0.4, -0.2) is 42.4 Å². The van der Waals surface area contributed by atoms with Crippen molar-refractivity contribution in [1.82, 2.24) is 4.90 Å². The molecule has 0 bridgehead atoms. The van der Waals surface area contributed by atoms with Gasteiger partial charge in [0.15, 0.2) is 11.5 Å². The van der Waals surface area contributed by atoms with Crippen LogP contribution >= 0.6 is 0 Å². The molecule has 0 saturated carbocycles. The first-order chi connectivity index (χ1) is 9.49. The van der Waals surface area contributed by atoms with E-state index >= 15 is 0 Å². The summed E-state index contributed by atoms with van der Waals surface area (Å²) in [6, 6.07) is 4.78. The minimum Gasteiger partial charge on any atom is -0.481 e. The van der Waals surface area contributed by atoms with E-state index in [1.54, 1.807) is 25.1 Å². The van der Waals surface area contributed by atoms with Gasteiger partial charge in [0.25, 0.3) is 0 Å². The molecule has 2 N–H and O–H groups in total. The van der Waals surface area contributed by atoms with E-state index < -0.39 is 17.9 Å². The largest absolute Gasteiger partial charge is 0.481 e. The third-order valence-corrected chi connectivity index (χ3v) is 2.95. The van der Waals surface area contributed by atoms with Crippen LogP contribution in [0.3, 0.4) is 0 Å². The highest BCUT2D eigenvalue weighted by Gasteiger charge is 2.21. The smallest absolute Gasteiger partial charge is 0.321 e. The fourth-order valence-corrected chi connectivity index (χ4v) is 1.81. The lowest BCUT2D eigenvalue weighted by atomic mass is 10.2. The Morgan fingerprint density at radius 1 is 1.45 bits per heavy atom. The molecule has 2 amide bonds. The maximum absolute atomic E-state index is 12.0. The SMILES string of the molecule is CC(CN(C)C(=O)Nc1cccc2c1OCO2)C(=O)O. The topological polar surface area (TPSA) is 88.1 Å². The molecule has 0 radical (unpaired) electrons. The fourth-order valence-electron chi connectivity index (χ4n) is 1.81. The predicted octanol–water partition coefficient (Wildman–Crippen LogP) is 1.60. The number of carboxylic acid groups (broad SMARTS) is 1. The number of amides is 2. The molecule has 1 aliphatic heterocycles. The monoisotopic (exact) mass is 280 g/mol. The molecule has 7 nitrogen and oxygen atoms in total. The van der Waals surface area contributed by atoms with E-state index in [4.69, 9.17) is 14.6 Å². The average molecular weight is 280 g/mol. The maximum atomic E-state index is 12.0. The molecule has 108 valence electrons. The first kappa shape index (κ1) is 14.0. The molecule has 1 atom stereocenters. The normalized spacial score (nSPS) is 13.7. The van der Waals surface area contributed by atoms with Gasteiger partial charge in [0.2, 0.25) is 6.79 Å². The number of carbonyl (C=O) groups is 2. The molecule has 1 aliphatic rings. The van der Waals surface area contributed by atoms with Gasteiger partial charge in [-0.1, -0.05) is 13.0 Å². The van der Waals surface area contributed by atoms with Gasteiger partial charge in [0.05, 0.1) is 11.6 Å². The van der Waals surface area contributed by atoms with Crippen molar-refractivity contribution in [3.63, 3.8) is 0 Å². The molecule has 0 aliphatic carbocycles. The summed E-state index contributed by atoms with van der Waals surface area (Å²) in [5, 5.41) is 11.5. The summed E-state index contributed by atoms with van der Waals surface area (Å²) in [5.41, 5.74) is 0.500. The molecular formula is C13H16N2O5. The minimum absolute atomic E-state index is 0.119. The zero-order valence-electron chi connectivity index (χ0n) is 11.3. The van der Waals surface area contributed by atoms with Gasteiger partial charge in [-0.2, -0.15) is 0 Å². The van der Waals surface area contributed by atoms with Gasteiger partial charge in [0.1, 0.15) is 0 Å². The van der Waals surface area contributed by atoms with Crippen molar-refractivity contribution in [2.24, 2.45) is 5.92 Å². The van der Waals surface area contributed by atoms with E-state index in [-0.39, 0.29) is 13.3 Å². The second-order valence-electron chi connectivity index (χ2n) is 4.59. The molecule has 0 saturated heterocycles. The van der Waals surface area contributed by atoms with Gasteiger partial charge in [-0.15, -0.1) is 0 Å². The number of hydrogen-bond acceptors (Lipinski definition) is 4. The summed E-state index contributed by atoms with van der Waals surface area (Å²) in [6.07, 6.45) is 0. The Labute approximate surface area is 116 Å². The number of para-hydroxylation sites is 1. The molecule has 0 fully saturated rings. The number of benzene rings is 1. The molecule has 1 aromatic carbocycles. The van der Waals surface area contributed by atoms with Crippen molar-refractivity contribution < 1.29 is 24.2 Å². The maximum Gasteiger partial charge on any atom is 0.321 e. The molecule has 2 rings (SSSR count). The molecule has 20 heavy (non-hydrogen) atoms. The van der Waals surface area contributed by atoms with Crippen LogP contribution in [0.25, 0.3) is 0 Å². The Balaban J connectivity index is 2.01. The minimum atomic E-state index is -0.943. The van der Waals surface area contributed by atoms with E-state index in [9.17, 15) is 9.59 Å². The molecule has 7 heteroatoms. The van der Waals surface area contributed by atoms with Gasteiger partial charge in [-0.3, -0.25) is 4.79 Å². The number of nitrogens with one attached hydrogen (secondary N) is 1. The first-order valence-electron chi connectivity index (χ1n) is 6.12. The Hall–Kier alpha value is -2.44. The fraction of sp³-hybridized carbons (Fsp3) is 0.385. The van der Waals surface area contributed by atoms with E-state index in [0.717, 1.165) is 0 Å². The van der Waals surface area contributed by atoms with Gasteiger partial charge in [-0.05, 0) is 12.1 Å². The van der Waals surface area contributed by atoms with Crippen molar-refractivity contribution in [2.75, 3.05) is 25.7 Å². The predicted molar refractivity (Wildman–Crippen MR) is 71.0 cm³/mol. The number of fused-ring (bicyclic) bond motifs is 1. The lowest BCUT2D eigenvalue weighted by Crippen LogP contribution is -2.36. The quantitative estimate of drug-likeness (QED) is 0.874. The number of aliphatic carboxylic acids is 1. The number of ether oxygens (including phenoxy) is 2. The Bertz CT molecular complexity index is 531. The van der Waals surface area contributed by atoms with E-state index in [0.29, 0.717) is 17.2 Å². The Morgan fingerprint density at radius 2 is 2.20 bits per heavy atom. The summed E-state index contributed by atoms with van der Waals surface area (Å²) in [6.45, 7) is 1.78. The summed E-state index contributed by atoms with van der Waals surface area (Å²) in [7, 11) is 1.54. The van der Waals surface area contributed by atoms with Gasteiger partial charge in [0, 0.05) is 13.6 Å². The number of rotatable bonds is 4. The van der Waals surface area contributed by atoms with Crippen molar-refractivity contribution in [3.05, 3.63) is 18.2 Å². The van der Waals surface area contributed by atoms with Crippen molar-refractivity contribution in [1.29, 1.82) is 0 Å². The number of carboxylic acids is 1. The lowest BCUT2D eigenvalue weighted by molar-refractivity contribution is -0.141. The van der Waals surface area contributed by atoms with Gasteiger partial charge < -0.3 is 24.8 Å². The number of nitrogens with zero attached hydrogens (tertiary/aromatic N) is 1. The highest BCUT2D eigenvalue weighted by Crippen LogP contribution is 2.38. The summed E-state index contributed by atoms with van der Waals surface area (Å²) in [5.74, 6) is -0.515. The zero-order chi connectivity index (χ0) is 14.7. The van der Waals surface area contributed by atoms with Crippen LogP contribution in [0.1, 0.15) is 6.92 Å². The van der Waals surface area contributed by atoms with Crippen LogP contribution in [0.4, 0.5) is 10.5 Å². The van der Waals surface area contributed by atoms with Gasteiger partial charge in [-0.25, -0.2) is 4.79 Å². The molecular weight excluding hydrogens is 264 g/mol. The highest BCUT2D eigenvalue weighted by molar-refractivity contribution is 5.91. The van der Waals surface area contributed by atoms with Crippen molar-refractivity contribution >= 4 is 17.7 Å². The number of urea groups is 1. The molecule has 1 heterocycles.